The zero-order chi connectivity index (χ0) is 19.6. The number of thiazole rings is 1. The minimum Gasteiger partial charge on any atom is -0.378 e. The van der Waals surface area contributed by atoms with Gasteiger partial charge >= 0.3 is 0 Å². The number of ether oxygens (including phenoxy) is 1. The lowest BCUT2D eigenvalue weighted by molar-refractivity contribution is 0.102. The summed E-state index contributed by atoms with van der Waals surface area (Å²) in [6.45, 7) is 3.31. The predicted octanol–water partition coefficient (Wildman–Crippen LogP) is 5.11. The number of morpholine rings is 1. The Morgan fingerprint density at radius 2 is 1.90 bits per heavy atom. The van der Waals surface area contributed by atoms with E-state index in [1.807, 2.05) is 53.9 Å². The van der Waals surface area contributed by atoms with E-state index in [0.717, 1.165) is 57.8 Å². The molecule has 1 saturated heterocycles. The fourth-order valence-electron chi connectivity index (χ4n) is 3.35. The van der Waals surface area contributed by atoms with E-state index in [9.17, 15) is 4.79 Å². The highest BCUT2D eigenvalue weighted by atomic mass is 32.1. The van der Waals surface area contributed by atoms with Gasteiger partial charge < -0.3 is 15.0 Å². The number of carbonyl (C=O) groups excluding carboxylic acids is 1. The van der Waals surface area contributed by atoms with Crippen LogP contribution in [0.5, 0.6) is 0 Å². The third kappa shape index (κ3) is 3.89. The van der Waals surface area contributed by atoms with Gasteiger partial charge in [0, 0.05) is 30.0 Å². The van der Waals surface area contributed by atoms with Gasteiger partial charge in [-0.15, -0.1) is 22.7 Å². The highest BCUT2D eigenvalue weighted by molar-refractivity contribution is 7.25. The molecule has 1 amide bonds. The standard InChI is InChI=1S/C22H19N3O2S2/c26-21(23-16-4-6-17(7-5-16)25-9-11-27-12-10-25)15-3-8-18-20(14-15)29-22(24-18)19-2-1-13-28-19/h1-8,13-14H,9-12H2,(H,23,26). The Kier molecular flexibility index (Phi) is 5.01. The summed E-state index contributed by atoms with van der Waals surface area (Å²) >= 11 is 3.29. The number of hydrogen-bond acceptors (Lipinski definition) is 6. The molecule has 5 rings (SSSR count). The zero-order valence-electron chi connectivity index (χ0n) is 15.6. The van der Waals surface area contributed by atoms with Crippen LogP contribution in [0.15, 0.2) is 60.0 Å². The van der Waals surface area contributed by atoms with Crippen molar-refractivity contribution in [1.82, 2.24) is 4.98 Å². The summed E-state index contributed by atoms with van der Waals surface area (Å²) in [5.74, 6) is -0.114. The Labute approximate surface area is 176 Å². The van der Waals surface area contributed by atoms with Crippen LogP contribution in [-0.4, -0.2) is 37.2 Å². The van der Waals surface area contributed by atoms with Crippen molar-refractivity contribution in [2.45, 2.75) is 0 Å². The molecule has 2 aromatic carbocycles. The average molecular weight is 422 g/mol. The van der Waals surface area contributed by atoms with E-state index in [2.05, 4.69) is 21.3 Å². The molecule has 146 valence electrons. The maximum absolute atomic E-state index is 12.7. The fraction of sp³-hybridized carbons (Fsp3) is 0.182. The summed E-state index contributed by atoms with van der Waals surface area (Å²) in [5, 5.41) is 6.03. The number of hydrogen-bond donors (Lipinski definition) is 1. The molecule has 0 bridgehead atoms. The van der Waals surface area contributed by atoms with Crippen LogP contribution in [-0.2, 0) is 4.74 Å². The molecule has 0 saturated carbocycles. The summed E-state index contributed by atoms with van der Waals surface area (Å²) in [5.41, 5.74) is 3.50. The van der Waals surface area contributed by atoms with Gasteiger partial charge in [0.05, 0.1) is 28.3 Å². The van der Waals surface area contributed by atoms with Gasteiger partial charge in [-0.25, -0.2) is 4.98 Å². The highest BCUT2D eigenvalue weighted by Gasteiger charge is 2.13. The first-order valence-corrected chi connectivity index (χ1v) is 11.1. The van der Waals surface area contributed by atoms with Gasteiger partial charge in [0.25, 0.3) is 5.91 Å². The van der Waals surface area contributed by atoms with Crippen LogP contribution < -0.4 is 10.2 Å². The molecule has 0 unspecified atom stereocenters. The molecular formula is C22H19N3O2S2. The molecule has 2 aromatic heterocycles. The van der Waals surface area contributed by atoms with E-state index in [0.29, 0.717) is 5.56 Å². The Morgan fingerprint density at radius 3 is 2.66 bits per heavy atom. The van der Waals surface area contributed by atoms with E-state index in [1.54, 1.807) is 22.7 Å². The largest absolute Gasteiger partial charge is 0.378 e. The maximum atomic E-state index is 12.7. The lowest BCUT2D eigenvalue weighted by atomic mass is 10.2. The van der Waals surface area contributed by atoms with E-state index >= 15 is 0 Å². The lowest BCUT2D eigenvalue weighted by Gasteiger charge is -2.28. The van der Waals surface area contributed by atoms with E-state index in [4.69, 9.17) is 4.74 Å². The van der Waals surface area contributed by atoms with Gasteiger partial charge in [0.15, 0.2) is 0 Å². The monoisotopic (exact) mass is 421 g/mol. The molecule has 1 N–H and O–H groups in total. The Hall–Kier alpha value is -2.74. The molecule has 5 nitrogen and oxygen atoms in total. The van der Waals surface area contributed by atoms with Crippen LogP contribution in [0.2, 0.25) is 0 Å². The van der Waals surface area contributed by atoms with Gasteiger partial charge in [-0.2, -0.15) is 0 Å². The number of benzene rings is 2. The van der Waals surface area contributed by atoms with E-state index in [1.165, 1.54) is 0 Å². The molecule has 0 aliphatic carbocycles. The zero-order valence-corrected chi connectivity index (χ0v) is 17.3. The number of thiophene rings is 1. The van der Waals surface area contributed by atoms with Crippen LogP contribution in [0.3, 0.4) is 0 Å². The summed E-state index contributed by atoms with van der Waals surface area (Å²) < 4.78 is 6.42. The summed E-state index contributed by atoms with van der Waals surface area (Å²) in [6, 6.07) is 17.7. The SMILES string of the molecule is O=C(Nc1ccc(N2CCOCC2)cc1)c1ccc2nc(-c3cccs3)sc2c1. The van der Waals surface area contributed by atoms with Gasteiger partial charge in [-0.05, 0) is 53.9 Å². The molecule has 7 heteroatoms. The molecule has 3 heterocycles. The first-order valence-electron chi connectivity index (χ1n) is 9.45. The highest BCUT2D eigenvalue weighted by Crippen LogP contribution is 2.33. The van der Waals surface area contributed by atoms with Crippen molar-refractivity contribution in [2.24, 2.45) is 0 Å². The number of fused-ring (bicyclic) bond motifs is 1. The van der Waals surface area contributed by atoms with Crippen LogP contribution in [0.1, 0.15) is 10.4 Å². The molecule has 29 heavy (non-hydrogen) atoms. The third-order valence-corrected chi connectivity index (χ3v) is 6.94. The number of nitrogens with one attached hydrogen (secondary N) is 1. The van der Waals surface area contributed by atoms with Crippen LogP contribution >= 0.6 is 22.7 Å². The van der Waals surface area contributed by atoms with Crippen LogP contribution in [0.4, 0.5) is 11.4 Å². The van der Waals surface area contributed by atoms with Crippen molar-refractivity contribution in [3.8, 4) is 9.88 Å². The second-order valence-corrected chi connectivity index (χ2v) is 8.76. The lowest BCUT2D eigenvalue weighted by Crippen LogP contribution is -2.36. The molecule has 0 atom stereocenters. The molecule has 0 radical (unpaired) electrons. The second kappa shape index (κ2) is 7.94. The van der Waals surface area contributed by atoms with Gasteiger partial charge in [0.1, 0.15) is 5.01 Å². The van der Waals surface area contributed by atoms with Crippen molar-refractivity contribution in [1.29, 1.82) is 0 Å². The van der Waals surface area contributed by atoms with Crippen LogP contribution in [0, 0.1) is 0 Å². The van der Waals surface area contributed by atoms with E-state index in [-0.39, 0.29) is 5.91 Å². The minimum atomic E-state index is -0.114. The predicted molar refractivity (Wildman–Crippen MR) is 120 cm³/mol. The maximum Gasteiger partial charge on any atom is 0.255 e. The third-order valence-electron chi connectivity index (χ3n) is 4.88. The Morgan fingerprint density at radius 1 is 1.07 bits per heavy atom. The smallest absolute Gasteiger partial charge is 0.255 e. The average Bonchev–Trinajstić information content (AvgIpc) is 3.44. The topological polar surface area (TPSA) is 54.5 Å². The Bertz CT molecular complexity index is 1130. The van der Waals surface area contributed by atoms with Crippen molar-refractivity contribution >= 4 is 50.2 Å². The van der Waals surface area contributed by atoms with Crippen LogP contribution in [0.25, 0.3) is 20.1 Å². The normalized spacial score (nSPS) is 14.3. The van der Waals surface area contributed by atoms with Gasteiger partial charge in [-0.1, -0.05) is 6.07 Å². The number of rotatable bonds is 4. The summed E-state index contributed by atoms with van der Waals surface area (Å²) in [7, 11) is 0. The number of aromatic nitrogens is 1. The molecule has 1 aliphatic rings. The molecule has 0 spiro atoms. The minimum absolute atomic E-state index is 0.114. The molecular weight excluding hydrogens is 402 g/mol. The van der Waals surface area contributed by atoms with E-state index < -0.39 is 0 Å². The second-order valence-electron chi connectivity index (χ2n) is 6.78. The Balaban J connectivity index is 1.31. The van der Waals surface area contributed by atoms with Gasteiger partial charge in [0.2, 0.25) is 0 Å². The quantitative estimate of drug-likeness (QED) is 0.497. The summed E-state index contributed by atoms with van der Waals surface area (Å²) in [4.78, 5) is 20.8. The fourth-order valence-corrected chi connectivity index (χ4v) is 5.15. The van der Waals surface area contributed by atoms with Crippen molar-refractivity contribution in [3.05, 3.63) is 65.5 Å². The first kappa shape index (κ1) is 18.3. The number of nitrogens with zero attached hydrogens (tertiary/aromatic N) is 2. The number of anilines is 2. The van der Waals surface area contributed by atoms with Crippen molar-refractivity contribution in [3.63, 3.8) is 0 Å². The molecule has 1 fully saturated rings. The molecule has 4 aromatic rings. The van der Waals surface area contributed by atoms with Crippen molar-refractivity contribution in [2.75, 3.05) is 36.5 Å². The number of amides is 1. The summed E-state index contributed by atoms with van der Waals surface area (Å²) in [6.07, 6.45) is 0. The van der Waals surface area contributed by atoms with Gasteiger partial charge in [-0.3, -0.25) is 4.79 Å². The first-order chi connectivity index (χ1) is 14.3. The number of carbonyl (C=O) groups is 1. The van der Waals surface area contributed by atoms with Crippen molar-refractivity contribution < 1.29 is 9.53 Å². The molecule has 1 aliphatic heterocycles.